The molecule has 116 valence electrons. The summed E-state index contributed by atoms with van der Waals surface area (Å²) in [5.41, 5.74) is 4.91. The Hall–Kier alpha value is -3.12. The highest BCUT2D eigenvalue weighted by atomic mass is 15.0. The van der Waals surface area contributed by atoms with Crippen molar-refractivity contribution in [3.63, 3.8) is 0 Å². The minimum absolute atomic E-state index is 0.233. The third-order valence-corrected chi connectivity index (χ3v) is 4.43. The highest BCUT2D eigenvalue weighted by molar-refractivity contribution is 5.87. The minimum atomic E-state index is -0.233. The van der Waals surface area contributed by atoms with Crippen molar-refractivity contribution in [2.24, 2.45) is 0 Å². The average molecular weight is 311 g/mol. The maximum absolute atomic E-state index is 9.49. The van der Waals surface area contributed by atoms with Crippen LogP contribution in [0.4, 0.5) is 0 Å². The summed E-state index contributed by atoms with van der Waals surface area (Å²) in [6, 6.07) is 21.1. The molecule has 2 aromatic heterocycles. The molecule has 0 spiro atoms. The Morgan fingerprint density at radius 1 is 1.04 bits per heavy atom. The number of imidazole rings is 1. The van der Waals surface area contributed by atoms with Crippen molar-refractivity contribution in [3.05, 3.63) is 72.1 Å². The van der Waals surface area contributed by atoms with Gasteiger partial charge < -0.3 is 4.40 Å². The topological polar surface area (TPSA) is 41.1 Å². The number of nitriles is 1. The monoisotopic (exact) mass is 311 g/mol. The molecule has 1 atom stereocenters. The molecule has 3 nitrogen and oxygen atoms in total. The molecular weight excluding hydrogens is 294 g/mol. The molecule has 3 heteroatoms. The summed E-state index contributed by atoms with van der Waals surface area (Å²) in [5.74, 6) is -0.233. The largest absolute Gasteiger partial charge is 0.302 e. The van der Waals surface area contributed by atoms with E-state index in [-0.39, 0.29) is 5.92 Å². The van der Waals surface area contributed by atoms with E-state index in [1.165, 1.54) is 10.8 Å². The van der Waals surface area contributed by atoms with Gasteiger partial charge in [-0.2, -0.15) is 5.26 Å². The molecule has 0 amide bonds. The molecule has 1 unspecified atom stereocenters. The number of hydrogen-bond donors (Lipinski definition) is 0. The molecule has 4 aromatic rings. The van der Waals surface area contributed by atoms with Gasteiger partial charge in [0.25, 0.3) is 0 Å². The first-order valence-electron chi connectivity index (χ1n) is 8.05. The van der Waals surface area contributed by atoms with Crippen molar-refractivity contribution in [3.8, 4) is 17.3 Å². The highest BCUT2D eigenvalue weighted by Crippen LogP contribution is 2.32. The Morgan fingerprint density at radius 3 is 2.62 bits per heavy atom. The third kappa shape index (κ3) is 2.24. The normalized spacial score (nSPS) is 12.4. The van der Waals surface area contributed by atoms with E-state index in [4.69, 9.17) is 4.98 Å². The van der Waals surface area contributed by atoms with Crippen molar-refractivity contribution in [2.45, 2.75) is 19.8 Å². The van der Waals surface area contributed by atoms with Crippen LogP contribution in [-0.2, 0) is 0 Å². The van der Waals surface area contributed by atoms with E-state index < -0.39 is 0 Å². The first-order valence-corrected chi connectivity index (χ1v) is 8.05. The van der Waals surface area contributed by atoms with Crippen molar-refractivity contribution in [1.82, 2.24) is 9.38 Å². The van der Waals surface area contributed by atoms with E-state index in [0.717, 1.165) is 28.2 Å². The van der Waals surface area contributed by atoms with Gasteiger partial charge in [-0.15, -0.1) is 0 Å². The second-order valence-corrected chi connectivity index (χ2v) is 6.19. The summed E-state index contributed by atoms with van der Waals surface area (Å²) in [6.45, 7) is 3.98. The number of fused-ring (bicyclic) bond motifs is 2. The third-order valence-electron chi connectivity index (χ3n) is 4.43. The Morgan fingerprint density at radius 2 is 1.83 bits per heavy atom. The molecule has 0 saturated carbocycles. The van der Waals surface area contributed by atoms with Crippen LogP contribution in [0.5, 0.6) is 0 Å². The van der Waals surface area contributed by atoms with E-state index in [9.17, 15) is 5.26 Å². The molecule has 0 radical (unpaired) electrons. The number of aromatic nitrogens is 2. The lowest BCUT2D eigenvalue weighted by atomic mass is 10.00. The van der Waals surface area contributed by atoms with Crippen LogP contribution in [0.1, 0.15) is 24.1 Å². The van der Waals surface area contributed by atoms with Crippen molar-refractivity contribution >= 4 is 16.4 Å². The van der Waals surface area contributed by atoms with Crippen LogP contribution in [0.25, 0.3) is 27.7 Å². The van der Waals surface area contributed by atoms with E-state index in [2.05, 4.69) is 49.5 Å². The first-order chi connectivity index (χ1) is 11.7. The van der Waals surface area contributed by atoms with Gasteiger partial charge in [0.2, 0.25) is 0 Å². The fraction of sp³-hybridized carbons (Fsp3) is 0.143. The predicted octanol–water partition coefficient (Wildman–Crippen LogP) is 5.09. The number of benzene rings is 2. The summed E-state index contributed by atoms with van der Waals surface area (Å²) in [4.78, 5) is 4.81. The number of pyridine rings is 1. The molecule has 2 aromatic carbocycles. The lowest BCUT2D eigenvalue weighted by Gasteiger charge is -2.08. The summed E-state index contributed by atoms with van der Waals surface area (Å²) < 4.78 is 2.05. The molecule has 0 bridgehead atoms. The van der Waals surface area contributed by atoms with Gasteiger partial charge >= 0.3 is 0 Å². The fourth-order valence-corrected chi connectivity index (χ4v) is 3.19. The number of hydrogen-bond acceptors (Lipinski definition) is 2. The number of rotatable bonds is 2. The van der Waals surface area contributed by atoms with Gasteiger partial charge in [0, 0.05) is 11.8 Å². The maximum atomic E-state index is 9.49. The highest BCUT2D eigenvalue weighted by Gasteiger charge is 2.19. The molecule has 0 aliphatic carbocycles. The molecule has 0 N–H and O–H groups in total. The summed E-state index contributed by atoms with van der Waals surface area (Å²) >= 11 is 0. The standard InChI is InChI=1S/C21H17N3/c1-14-7-10-19-23-20(21(15(2)12-22)24(19)13-14)18-9-8-16-5-3-4-6-17(16)11-18/h3-11,13,15H,1-2H3. The fourth-order valence-electron chi connectivity index (χ4n) is 3.19. The zero-order valence-electron chi connectivity index (χ0n) is 13.7. The van der Waals surface area contributed by atoms with Crippen molar-refractivity contribution in [2.75, 3.05) is 0 Å². The summed E-state index contributed by atoms with van der Waals surface area (Å²) in [5, 5.41) is 11.9. The lowest BCUT2D eigenvalue weighted by molar-refractivity contribution is 0.897. The van der Waals surface area contributed by atoms with Gasteiger partial charge in [-0.1, -0.05) is 42.5 Å². The van der Waals surface area contributed by atoms with Gasteiger partial charge in [0.05, 0.1) is 23.4 Å². The predicted molar refractivity (Wildman–Crippen MR) is 96.9 cm³/mol. The summed E-state index contributed by atoms with van der Waals surface area (Å²) in [7, 11) is 0. The lowest BCUT2D eigenvalue weighted by Crippen LogP contribution is -1.99. The van der Waals surface area contributed by atoms with Crippen LogP contribution in [0.3, 0.4) is 0 Å². The van der Waals surface area contributed by atoms with Crippen LogP contribution in [0, 0.1) is 18.3 Å². The van der Waals surface area contributed by atoms with E-state index in [1.807, 2.05) is 35.6 Å². The average Bonchev–Trinajstić information content (AvgIpc) is 2.99. The van der Waals surface area contributed by atoms with Gasteiger partial charge in [-0.3, -0.25) is 0 Å². The van der Waals surface area contributed by atoms with Crippen LogP contribution in [0.2, 0.25) is 0 Å². The van der Waals surface area contributed by atoms with Gasteiger partial charge in [-0.25, -0.2) is 4.98 Å². The molecule has 4 rings (SSSR count). The molecule has 24 heavy (non-hydrogen) atoms. The molecule has 0 fully saturated rings. The maximum Gasteiger partial charge on any atom is 0.137 e. The molecule has 0 saturated heterocycles. The Bertz CT molecular complexity index is 1100. The second-order valence-electron chi connectivity index (χ2n) is 6.19. The Labute approximate surface area is 140 Å². The van der Waals surface area contributed by atoms with Crippen LogP contribution in [0.15, 0.2) is 60.8 Å². The van der Waals surface area contributed by atoms with E-state index in [0.29, 0.717) is 0 Å². The minimum Gasteiger partial charge on any atom is -0.302 e. The number of aryl methyl sites for hydroxylation is 1. The SMILES string of the molecule is Cc1ccc2nc(-c3ccc4ccccc4c3)c(C(C)C#N)n2c1. The Kier molecular flexibility index (Phi) is 3.32. The zero-order chi connectivity index (χ0) is 16.7. The smallest absolute Gasteiger partial charge is 0.137 e. The molecular formula is C21H17N3. The Balaban J connectivity index is 2.02. The second kappa shape index (κ2) is 5.50. The van der Waals surface area contributed by atoms with Gasteiger partial charge in [0.1, 0.15) is 5.65 Å². The van der Waals surface area contributed by atoms with E-state index in [1.54, 1.807) is 0 Å². The quantitative estimate of drug-likeness (QED) is 0.517. The van der Waals surface area contributed by atoms with Crippen molar-refractivity contribution in [1.29, 1.82) is 5.26 Å². The summed E-state index contributed by atoms with van der Waals surface area (Å²) in [6.07, 6.45) is 2.05. The van der Waals surface area contributed by atoms with Crippen LogP contribution >= 0.6 is 0 Å². The molecule has 0 aliphatic heterocycles. The first kappa shape index (κ1) is 14.5. The van der Waals surface area contributed by atoms with Gasteiger partial charge in [-0.05, 0) is 42.3 Å². The van der Waals surface area contributed by atoms with Crippen molar-refractivity contribution < 1.29 is 0 Å². The molecule has 0 aliphatic rings. The van der Waals surface area contributed by atoms with Crippen LogP contribution < -0.4 is 0 Å². The van der Waals surface area contributed by atoms with E-state index >= 15 is 0 Å². The molecule has 2 heterocycles. The zero-order valence-corrected chi connectivity index (χ0v) is 13.7. The van der Waals surface area contributed by atoms with Crippen LogP contribution in [-0.4, -0.2) is 9.38 Å². The van der Waals surface area contributed by atoms with Gasteiger partial charge in [0.15, 0.2) is 0 Å². The number of nitrogens with zero attached hydrogens (tertiary/aromatic N) is 3.